The van der Waals surface area contributed by atoms with Crippen molar-refractivity contribution in [2.24, 2.45) is 17.8 Å². The van der Waals surface area contributed by atoms with E-state index >= 15 is 0 Å². The minimum Gasteiger partial charge on any atom is -0.461 e. The molecule has 0 aliphatic heterocycles. The zero-order valence-electron chi connectivity index (χ0n) is 28.3. The van der Waals surface area contributed by atoms with Crippen LogP contribution in [0.25, 0.3) is 0 Å². The van der Waals surface area contributed by atoms with Crippen LogP contribution in [0.2, 0.25) is 0 Å². The maximum absolute atomic E-state index is 12.0. The number of ether oxygens (including phenoxy) is 1. The first kappa shape index (κ1) is 39.0. The lowest BCUT2D eigenvalue weighted by atomic mass is 9.91. The molecule has 0 saturated heterocycles. The topological polar surface area (TPSA) is 26.3 Å². The molecule has 0 aliphatic rings. The summed E-state index contributed by atoms with van der Waals surface area (Å²) in [4.78, 5) is 12.0. The van der Waals surface area contributed by atoms with Gasteiger partial charge >= 0.3 is 5.97 Å². The SMILES string of the molecule is CCCCCCCC/C=C\CCCCCCCC(=O)OC/C=C(\C)CCCC(C)CCCC(C)CCCC(C)C. The van der Waals surface area contributed by atoms with Gasteiger partial charge in [0.2, 0.25) is 0 Å². The Morgan fingerprint density at radius 3 is 1.68 bits per heavy atom. The van der Waals surface area contributed by atoms with Crippen LogP contribution >= 0.6 is 0 Å². The number of hydrogen-bond donors (Lipinski definition) is 0. The van der Waals surface area contributed by atoms with E-state index in [1.165, 1.54) is 128 Å². The Bertz CT molecular complexity index is 603. The molecule has 0 aliphatic carbocycles. The van der Waals surface area contributed by atoms with E-state index in [9.17, 15) is 4.79 Å². The summed E-state index contributed by atoms with van der Waals surface area (Å²) in [6.45, 7) is 14.4. The van der Waals surface area contributed by atoms with Crippen molar-refractivity contribution in [1.82, 2.24) is 0 Å². The van der Waals surface area contributed by atoms with Gasteiger partial charge in [0.1, 0.15) is 6.61 Å². The lowest BCUT2D eigenvalue weighted by Crippen LogP contribution is -2.04. The van der Waals surface area contributed by atoms with Gasteiger partial charge in [0.15, 0.2) is 0 Å². The number of carbonyl (C=O) groups is 1. The Hall–Kier alpha value is -1.05. The van der Waals surface area contributed by atoms with Gasteiger partial charge in [-0.2, -0.15) is 0 Å². The van der Waals surface area contributed by atoms with Crippen molar-refractivity contribution in [1.29, 1.82) is 0 Å². The standard InChI is InChI=1S/C38H72O2/c1-7-8-9-10-11-12-13-14-15-16-17-18-19-20-21-31-38(39)40-33-32-37(6)30-24-29-36(5)28-23-27-35(4)26-22-25-34(2)3/h14-15,32,34-36H,7-13,16-31,33H2,1-6H3/b15-14-,37-32+. The zero-order valence-corrected chi connectivity index (χ0v) is 28.3. The van der Waals surface area contributed by atoms with Crippen molar-refractivity contribution in [3.63, 3.8) is 0 Å². The largest absolute Gasteiger partial charge is 0.461 e. The first-order valence-corrected chi connectivity index (χ1v) is 17.8. The number of unbranched alkanes of at least 4 members (excludes halogenated alkanes) is 11. The van der Waals surface area contributed by atoms with Gasteiger partial charge in [0.25, 0.3) is 0 Å². The van der Waals surface area contributed by atoms with E-state index in [1.54, 1.807) is 0 Å². The predicted octanol–water partition coefficient (Wildman–Crippen LogP) is 13.0. The average Bonchev–Trinajstić information content (AvgIpc) is 2.90. The normalized spacial score (nSPS) is 13.8. The smallest absolute Gasteiger partial charge is 0.306 e. The molecule has 2 atom stereocenters. The summed E-state index contributed by atoms with van der Waals surface area (Å²) in [7, 11) is 0. The van der Waals surface area contributed by atoms with Crippen LogP contribution in [0, 0.1) is 17.8 Å². The molecule has 0 amide bonds. The molecule has 0 radical (unpaired) electrons. The summed E-state index contributed by atoms with van der Waals surface area (Å²) in [5.41, 5.74) is 1.36. The summed E-state index contributed by atoms with van der Waals surface area (Å²) in [6, 6.07) is 0. The van der Waals surface area contributed by atoms with E-state index in [0.29, 0.717) is 13.0 Å². The van der Waals surface area contributed by atoms with Gasteiger partial charge in [-0.25, -0.2) is 0 Å². The van der Waals surface area contributed by atoms with E-state index in [0.717, 1.165) is 37.0 Å². The van der Waals surface area contributed by atoms with E-state index in [-0.39, 0.29) is 5.97 Å². The fraction of sp³-hybridized carbons (Fsp3) is 0.868. The summed E-state index contributed by atoms with van der Waals surface area (Å²) in [6.07, 6.45) is 36.1. The predicted molar refractivity (Wildman–Crippen MR) is 179 cm³/mol. The molecule has 2 heteroatoms. The molecular weight excluding hydrogens is 488 g/mol. The van der Waals surface area contributed by atoms with E-state index in [2.05, 4.69) is 59.8 Å². The molecule has 236 valence electrons. The maximum atomic E-state index is 12.0. The highest BCUT2D eigenvalue weighted by Gasteiger charge is 2.07. The van der Waals surface area contributed by atoms with Crippen LogP contribution in [0.5, 0.6) is 0 Å². The molecule has 0 aromatic carbocycles. The highest BCUT2D eigenvalue weighted by molar-refractivity contribution is 5.69. The van der Waals surface area contributed by atoms with Gasteiger partial charge in [-0.1, -0.05) is 149 Å². The lowest BCUT2D eigenvalue weighted by Gasteiger charge is -2.15. The Balaban J connectivity index is 3.57. The molecule has 0 aromatic heterocycles. The molecule has 2 unspecified atom stereocenters. The van der Waals surface area contributed by atoms with Crippen LogP contribution in [-0.2, 0) is 9.53 Å². The number of allylic oxidation sites excluding steroid dienone is 3. The molecule has 0 rings (SSSR count). The fourth-order valence-corrected chi connectivity index (χ4v) is 5.50. The lowest BCUT2D eigenvalue weighted by molar-refractivity contribution is -0.142. The summed E-state index contributed by atoms with van der Waals surface area (Å²) < 4.78 is 5.45. The first-order chi connectivity index (χ1) is 19.3. The Morgan fingerprint density at radius 2 is 1.10 bits per heavy atom. The maximum Gasteiger partial charge on any atom is 0.306 e. The molecule has 0 N–H and O–H groups in total. The summed E-state index contributed by atoms with van der Waals surface area (Å²) in [5.74, 6) is 2.52. The molecule has 2 nitrogen and oxygen atoms in total. The highest BCUT2D eigenvalue weighted by Crippen LogP contribution is 2.22. The van der Waals surface area contributed by atoms with Crippen LogP contribution in [-0.4, -0.2) is 12.6 Å². The number of esters is 1. The summed E-state index contributed by atoms with van der Waals surface area (Å²) >= 11 is 0. The third-order valence-electron chi connectivity index (χ3n) is 8.46. The van der Waals surface area contributed by atoms with Gasteiger partial charge in [-0.15, -0.1) is 0 Å². The molecule has 40 heavy (non-hydrogen) atoms. The summed E-state index contributed by atoms with van der Waals surface area (Å²) in [5, 5.41) is 0. The third kappa shape index (κ3) is 29.9. The number of carbonyl (C=O) groups excluding carboxylic acids is 1. The second-order valence-corrected chi connectivity index (χ2v) is 13.4. The van der Waals surface area contributed by atoms with Crippen molar-refractivity contribution >= 4 is 5.97 Å². The average molecular weight is 561 g/mol. The minimum absolute atomic E-state index is 0.0336. The Morgan fingerprint density at radius 1 is 0.600 bits per heavy atom. The first-order valence-electron chi connectivity index (χ1n) is 17.8. The highest BCUT2D eigenvalue weighted by atomic mass is 16.5. The molecule has 0 saturated carbocycles. The third-order valence-corrected chi connectivity index (χ3v) is 8.46. The molecule has 0 spiro atoms. The van der Waals surface area contributed by atoms with Gasteiger partial charge in [0.05, 0.1) is 0 Å². The van der Waals surface area contributed by atoms with E-state index in [4.69, 9.17) is 4.74 Å². The van der Waals surface area contributed by atoms with Crippen molar-refractivity contribution in [3.05, 3.63) is 23.8 Å². The molecule has 0 aromatic rings. The van der Waals surface area contributed by atoms with Crippen LogP contribution in [0.1, 0.15) is 189 Å². The minimum atomic E-state index is -0.0336. The van der Waals surface area contributed by atoms with Crippen LogP contribution in [0.3, 0.4) is 0 Å². The van der Waals surface area contributed by atoms with Gasteiger partial charge < -0.3 is 4.74 Å². The van der Waals surface area contributed by atoms with Crippen molar-refractivity contribution < 1.29 is 9.53 Å². The van der Waals surface area contributed by atoms with Gasteiger partial charge in [0, 0.05) is 6.42 Å². The quantitative estimate of drug-likeness (QED) is 0.0516. The second kappa shape index (κ2) is 29.4. The van der Waals surface area contributed by atoms with Gasteiger partial charge in [-0.3, -0.25) is 4.79 Å². The number of rotatable bonds is 29. The second-order valence-electron chi connectivity index (χ2n) is 13.4. The van der Waals surface area contributed by atoms with Crippen molar-refractivity contribution in [2.45, 2.75) is 189 Å². The van der Waals surface area contributed by atoms with Crippen LogP contribution in [0.15, 0.2) is 23.8 Å². The van der Waals surface area contributed by atoms with Crippen LogP contribution in [0.4, 0.5) is 0 Å². The molecule has 0 fully saturated rings. The zero-order chi connectivity index (χ0) is 29.7. The van der Waals surface area contributed by atoms with E-state index in [1.807, 2.05) is 0 Å². The molecule has 0 bridgehead atoms. The monoisotopic (exact) mass is 561 g/mol. The van der Waals surface area contributed by atoms with Crippen molar-refractivity contribution in [3.8, 4) is 0 Å². The Labute approximate surface area is 252 Å². The van der Waals surface area contributed by atoms with Crippen molar-refractivity contribution in [2.75, 3.05) is 6.61 Å². The van der Waals surface area contributed by atoms with Gasteiger partial charge in [-0.05, 0) is 75.7 Å². The van der Waals surface area contributed by atoms with Crippen LogP contribution < -0.4 is 0 Å². The number of hydrogen-bond acceptors (Lipinski definition) is 2. The molecular formula is C38H72O2. The fourth-order valence-electron chi connectivity index (χ4n) is 5.50. The van der Waals surface area contributed by atoms with E-state index < -0.39 is 0 Å². The Kier molecular flexibility index (Phi) is 28.7. The molecule has 0 heterocycles.